The molecule has 0 radical (unpaired) electrons. The maximum atomic E-state index is 12.8. The molecule has 0 saturated heterocycles. The molecule has 0 unspecified atom stereocenters. The molecule has 0 aromatic heterocycles. The van der Waals surface area contributed by atoms with E-state index in [4.69, 9.17) is 11.5 Å². The number of nitrogens with two attached hydrogens (primary N) is 2. The number of hydrogen-bond acceptors (Lipinski definition) is 7. The maximum absolute atomic E-state index is 12.8. The summed E-state index contributed by atoms with van der Waals surface area (Å²) in [4.78, 5) is 12.8. The normalized spacial score (nSPS) is 18.1. The molecule has 32 heavy (non-hydrogen) atoms. The molecule has 1 aromatic rings. The quantitative estimate of drug-likeness (QED) is 0.198. The number of hydrogen-bond donors (Lipinski definition) is 6. The number of carbonyl (C=O) groups excluding carboxylic acids is 1. The molecule has 0 heterocycles. The number of amides is 1. The largest absolute Gasteiger partial charge is 0.397 e. The molecule has 0 aliphatic heterocycles. The Labute approximate surface area is 191 Å². The predicted molar refractivity (Wildman–Crippen MR) is 126 cm³/mol. The lowest BCUT2D eigenvalue weighted by Gasteiger charge is -2.32. The second kappa shape index (κ2) is 12.4. The fourth-order valence-corrected chi connectivity index (χ4v) is 5.31. The number of benzene rings is 1. The first-order valence-electron chi connectivity index (χ1n) is 11.4. The van der Waals surface area contributed by atoms with E-state index in [-0.39, 0.29) is 23.7 Å². The number of nitrogen functional groups attached to an aromatic ring is 2. The molecule has 1 aliphatic carbocycles. The number of aliphatic hydroxyl groups is 2. The summed E-state index contributed by atoms with van der Waals surface area (Å²) in [6, 6.07) is 3.71. The summed E-state index contributed by atoms with van der Waals surface area (Å²) in [5.74, 6) is -0.816. The van der Waals surface area contributed by atoms with E-state index in [9.17, 15) is 23.4 Å². The Bertz CT molecular complexity index is 843. The lowest BCUT2D eigenvalue weighted by molar-refractivity contribution is 0.00201. The highest BCUT2D eigenvalue weighted by Crippen LogP contribution is 2.28. The summed E-state index contributed by atoms with van der Waals surface area (Å²) >= 11 is 0. The van der Waals surface area contributed by atoms with Gasteiger partial charge in [-0.2, -0.15) is 0 Å². The number of aliphatic hydroxyl groups excluding tert-OH is 2. The third kappa shape index (κ3) is 8.23. The van der Waals surface area contributed by atoms with Crippen molar-refractivity contribution in [1.82, 2.24) is 10.0 Å². The average Bonchev–Trinajstić information content (AvgIpc) is 2.75. The van der Waals surface area contributed by atoms with Crippen molar-refractivity contribution in [2.75, 3.05) is 23.8 Å². The van der Waals surface area contributed by atoms with E-state index in [1.54, 1.807) is 0 Å². The van der Waals surface area contributed by atoms with Crippen molar-refractivity contribution in [2.24, 2.45) is 5.92 Å². The van der Waals surface area contributed by atoms with E-state index >= 15 is 0 Å². The van der Waals surface area contributed by atoms with Crippen molar-refractivity contribution in [3.8, 4) is 0 Å². The van der Waals surface area contributed by atoms with Gasteiger partial charge in [-0.3, -0.25) is 4.79 Å². The molecule has 8 N–H and O–H groups in total. The number of nitrogens with one attached hydrogen (secondary N) is 2. The molecular formula is C22H38N4O5S. The Morgan fingerprint density at radius 3 is 2.47 bits per heavy atom. The van der Waals surface area contributed by atoms with Crippen LogP contribution in [0.5, 0.6) is 0 Å². The van der Waals surface area contributed by atoms with E-state index in [1.807, 2.05) is 6.92 Å². The number of rotatable bonds is 12. The van der Waals surface area contributed by atoms with Crippen LogP contribution in [0.25, 0.3) is 0 Å². The van der Waals surface area contributed by atoms with Gasteiger partial charge in [0.2, 0.25) is 10.0 Å². The minimum Gasteiger partial charge on any atom is -0.397 e. The summed E-state index contributed by atoms with van der Waals surface area (Å²) in [6.07, 6.45) is 4.25. The molecule has 1 amide bonds. The van der Waals surface area contributed by atoms with Crippen molar-refractivity contribution in [3.05, 3.63) is 23.8 Å². The fraction of sp³-hybridized carbons (Fsp3) is 0.682. The van der Waals surface area contributed by atoms with Gasteiger partial charge in [-0.1, -0.05) is 45.4 Å². The number of carbonyl (C=O) groups is 1. The van der Waals surface area contributed by atoms with Crippen molar-refractivity contribution in [3.63, 3.8) is 0 Å². The first-order chi connectivity index (χ1) is 15.1. The highest BCUT2D eigenvalue weighted by molar-refractivity contribution is 7.89. The smallest absolute Gasteiger partial charge is 0.251 e. The summed E-state index contributed by atoms with van der Waals surface area (Å²) in [5, 5.41) is 24.1. The summed E-state index contributed by atoms with van der Waals surface area (Å²) in [6.45, 7) is 2.22. The van der Waals surface area contributed by atoms with Crippen molar-refractivity contribution in [1.29, 1.82) is 0 Å². The van der Waals surface area contributed by atoms with Gasteiger partial charge < -0.3 is 27.0 Å². The van der Waals surface area contributed by atoms with Crippen LogP contribution in [0.4, 0.5) is 11.4 Å². The third-order valence-electron chi connectivity index (χ3n) is 6.03. The van der Waals surface area contributed by atoms with Gasteiger partial charge in [0.25, 0.3) is 5.91 Å². The van der Waals surface area contributed by atoms with Gasteiger partial charge in [0, 0.05) is 12.1 Å². The minimum atomic E-state index is -3.76. The van der Waals surface area contributed by atoms with Crippen LogP contribution in [0.2, 0.25) is 0 Å². The van der Waals surface area contributed by atoms with E-state index in [0.29, 0.717) is 18.5 Å². The van der Waals surface area contributed by atoms with Gasteiger partial charge in [0.15, 0.2) is 0 Å². The monoisotopic (exact) mass is 470 g/mol. The van der Waals surface area contributed by atoms with Crippen LogP contribution in [-0.2, 0) is 10.0 Å². The third-order valence-corrected chi connectivity index (χ3v) is 7.45. The first-order valence-corrected chi connectivity index (χ1v) is 13.1. The van der Waals surface area contributed by atoms with E-state index < -0.39 is 39.9 Å². The van der Waals surface area contributed by atoms with E-state index in [1.165, 1.54) is 18.2 Å². The second-order valence-electron chi connectivity index (χ2n) is 8.75. The van der Waals surface area contributed by atoms with Gasteiger partial charge in [-0.25, -0.2) is 13.1 Å². The van der Waals surface area contributed by atoms with Crippen molar-refractivity contribution in [2.45, 2.75) is 76.5 Å². The molecule has 3 atom stereocenters. The summed E-state index contributed by atoms with van der Waals surface area (Å²) < 4.78 is 26.9. The molecular weight excluding hydrogens is 432 g/mol. The van der Waals surface area contributed by atoms with Crippen LogP contribution in [-0.4, -0.2) is 55.1 Å². The molecule has 1 aliphatic rings. The Morgan fingerprint density at radius 1 is 1.16 bits per heavy atom. The average molecular weight is 471 g/mol. The predicted octanol–water partition coefficient (Wildman–Crippen LogP) is 1.36. The van der Waals surface area contributed by atoms with Gasteiger partial charge in [0.1, 0.15) is 6.10 Å². The Kier molecular flexibility index (Phi) is 10.2. The highest BCUT2D eigenvalue weighted by Gasteiger charge is 2.33. The van der Waals surface area contributed by atoms with Gasteiger partial charge >= 0.3 is 0 Å². The topological polar surface area (TPSA) is 168 Å². The lowest BCUT2D eigenvalue weighted by atomic mass is 9.83. The Balaban J connectivity index is 2.11. The highest BCUT2D eigenvalue weighted by atomic mass is 32.2. The molecule has 1 aromatic carbocycles. The van der Waals surface area contributed by atoms with Gasteiger partial charge in [-0.15, -0.1) is 0 Å². The second-order valence-corrected chi connectivity index (χ2v) is 10.6. The van der Waals surface area contributed by atoms with Crippen LogP contribution in [0.15, 0.2) is 18.2 Å². The molecule has 1 fully saturated rings. The number of unbranched alkanes of at least 4 members (excludes halogenated alkanes) is 1. The Morgan fingerprint density at radius 2 is 1.84 bits per heavy atom. The zero-order valence-corrected chi connectivity index (χ0v) is 19.6. The fourth-order valence-electron chi connectivity index (χ4n) is 4.09. The molecule has 182 valence electrons. The standard InChI is InChI=1S/C22H38N4O5S/c1-2-3-11-25-32(30,31)14-20(27)21(28)19(12-15-7-5-4-6-8-15)26-22(29)16-9-10-17(23)18(24)13-16/h9-10,13,15,19-21,25,27-28H,2-8,11-12,14,23-24H2,1H3,(H,26,29)/t19-,20+,21-/m0/s1. The van der Waals surface area contributed by atoms with Gasteiger partial charge in [0.05, 0.1) is 29.3 Å². The molecule has 10 heteroatoms. The van der Waals surface area contributed by atoms with Gasteiger partial charge in [-0.05, 0) is 37.0 Å². The van der Waals surface area contributed by atoms with E-state index in [2.05, 4.69) is 10.0 Å². The van der Waals surface area contributed by atoms with Crippen LogP contribution in [0.3, 0.4) is 0 Å². The van der Waals surface area contributed by atoms with Crippen LogP contribution in [0, 0.1) is 5.92 Å². The summed E-state index contributed by atoms with van der Waals surface area (Å²) in [7, 11) is -3.76. The van der Waals surface area contributed by atoms with Crippen LogP contribution < -0.4 is 21.5 Å². The molecule has 1 saturated carbocycles. The minimum absolute atomic E-state index is 0.270. The van der Waals surface area contributed by atoms with Crippen LogP contribution >= 0.6 is 0 Å². The first kappa shape index (κ1) is 26.4. The maximum Gasteiger partial charge on any atom is 0.251 e. The van der Waals surface area contributed by atoms with Crippen molar-refractivity contribution < 1.29 is 23.4 Å². The van der Waals surface area contributed by atoms with Crippen LogP contribution in [0.1, 0.15) is 68.6 Å². The van der Waals surface area contributed by atoms with Crippen molar-refractivity contribution >= 4 is 27.3 Å². The zero-order chi connectivity index (χ0) is 23.7. The molecule has 0 spiro atoms. The molecule has 9 nitrogen and oxygen atoms in total. The zero-order valence-electron chi connectivity index (χ0n) is 18.8. The molecule has 2 rings (SSSR count). The lowest BCUT2D eigenvalue weighted by Crippen LogP contribution is -2.52. The molecule has 0 bridgehead atoms. The summed E-state index contributed by atoms with van der Waals surface area (Å²) in [5.41, 5.74) is 12.4. The number of sulfonamides is 1. The Hall–Kier alpha value is -1.88. The SMILES string of the molecule is CCCCNS(=O)(=O)C[C@@H](O)[C@@H](O)[C@H](CC1CCCCC1)NC(=O)c1ccc(N)c(N)c1. The van der Waals surface area contributed by atoms with E-state index in [0.717, 1.165) is 38.5 Å². The number of anilines is 2.